The smallest absolute Gasteiger partial charge is 0.140 e. The molecule has 0 bridgehead atoms. The van der Waals surface area contributed by atoms with Crippen LogP contribution in [0.25, 0.3) is 0 Å². The van der Waals surface area contributed by atoms with Gasteiger partial charge in [0.2, 0.25) is 0 Å². The van der Waals surface area contributed by atoms with Gasteiger partial charge in [-0.15, -0.1) is 11.8 Å². The zero-order chi connectivity index (χ0) is 14.7. The molecule has 1 aromatic heterocycles. The molecule has 0 aliphatic rings. The van der Waals surface area contributed by atoms with Gasteiger partial charge in [-0.3, -0.25) is 0 Å². The van der Waals surface area contributed by atoms with Crippen LogP contribution in [0, 0.1) is 13.8 Å². The van der Waals surface area contributed by atoms with Crippen LogP contribution in [-0.4, -0.2) is 9.97 Å². The molecule has 1 heterocycles. The Morgan fingerprint density at radius 2 is 1.75 bits per heavy atom. The summed E-state index contributed by atoms with van der Waals surface area (Å²) < 4.78 is 0. The summed E-state index contributed by atoms with van der Waals surface area (Å²) >= 11 is 8.00. The second kappa shape index (κ2) is 6.59. The van der Waals surface area contributed by atoms with Crippen molar-refractivity contribution in [3.63, 3.8) is 0 Å². The molecule has 20 heavy (non-hydrogen) atoms. The van der Waals surface area contributed by atoms with Crippen molar-refractivity contribution in [1.82, 2.24) is 9.97 Å². The highest BCUT2D eigenvalue weighted by molar-refractivity contribution is 7.98. The van der Waals surface area contributed by atoms with Gasteiger partial charge >= 0.3 is 0 Å². The summed E-state index contributed by atoms with van der Waals surface area (Å²) in [7, 11) is 0. The van der Waals surface area contributed by atoms with Crippen LogP contribution in [-0.2, 0) is 5.75 Å². The van der Waals surface area contributed by atoms with Crippen molar-refractivity contribution in [2.24, 2.45) is 0 Å². The third-order valence-corrected chi connectivity index (χ3v) is 4.40. The molecule has 2 rings (SSSR count). The molecule has 1 aromatic carbocycles. The summed E-state index contributed by atoms with van der Waals surface area (Å²) in [5, 5.41) is 0.590. The number of hydrogen-bond donors (Lipinski definition) is 0. The number of rotatable bonds is 4. The van der Waals surface area contributed by atoms with E-state index < -0.39 is 0 Å². The average Bonchev–Trinajstić information content (AvgIpc) is 2.37. The largest absolute Gasteiger partial charge is 0.237 e. The molecule has 0 radical (unpaired) electrons. The van der Waals surface area contributed by atoms with Gasteiger partial charge < -0.3 is 0 Å². The molecule has 4 heteroatoms. The van der Waals surface area contributed by atoms with Gasteiger partial charge in [0.15, 0.2) is 0 Å². The summed E-state index contributed by atoms with van der Waals surface area (Å²) in [5.74, 6) is 1.88. The van der Waals surface area contributed by atoms with Gasteiger partial charge in [-0.2, -0.15) is 0 Å². The Hall–Kier alpha value is -1.06. The molecule has 106 valence electrons. The quantitative estimate of drug-likeness (QED) is 0.576. The van der Waals surface area contributed by atoms with E-state index >= 15 is 0 Å². The van der Waals surface area contributed by atoms with Crippen LogP contribution >= 0.6 is 23.4 Å². The minimum atomic E-state index is 0.348. The van der Waals surface area contributed by atoms with E-state index in [4.69, 9.17) is 11.6 Å². The molecule has 0 saturated heterocycles. The number of aromatic nitrogens is 2. The Kier molecular flexibility index (Phi) is 5.06. The maximum atomic E-state index is 6.27. The fraction of sp³-hybridized carbons (Fsp3) is 0.375. The molecule has 2 nitrogen and oxygen atoms in total. The van der Waals surface area contributed by atoms with E-state index in [1.807, 2.05) is 6.92 Å². The van der Waals surface area contributed by atoms with Gasteiger partial charge in [-0.05, 0) is 31.9 Å². The lowest BCUT2D eigenvalue weighted by Crippen LogP contribution is -2.03. The maximum Gasteiger partial charge on any atom is 0.140 e. The topological polar surface area (TPSA) is 25.8 Å². The van der Waals surface area contributed by atoms with Gasteiger partial charge in [0.05, 0.1) is 5.75 Å². The molecule has 0 fully saturated rings. The van der Waals surface area contributed by atoms with Crippen LogP contribution in [0.15, 0.2) is 29.2 Å². The summed E-state index contributed by atoms with van der Waals surface area (Å²) in [6.45, 7) is 8.31. The maximum absolute atomic E-state index is 6.27. The van der Waals surface area contributed by atoms with Gasteiger partial charge in [-0.1, -0.05) is 43.1 Å². The molecular formula is C16H19ClN2S. The minimum absolute atomic E-state index is 0.348. The van der Waals surface area contributed by atoms with Crippen molar-refractivity contribution in [3.8, 4) is 0 Å². The normalized spacial score (nSPS) is 11.1. The van der Waals surface area contributed by atoms with Crippen LogP contribution < -0.4 is 0 Å². The molecule has 0 atom stereocenters. The van der Waals surface area contributed by atoms with E-state index in [-0.39, 0.29) is 0 Å². The third-order valence-electron chi connectivity index (χ3n) is 3.10. The van der Waals surface area contributed by atoms with E-state index in [1.54, 1.807) is 11.8 Å². The Labute approximate surface area is 130 Å². The Balaban J connectivity index is 2.12. The number of aryl methyl sites for hydroxylation is 2. The lowest BCUT2D eigenvalue weighted by molar-refractivity contribution is 0.817. The summed E-state index contributed by atoms with van der Waals surface area (Å²) in [6, 6.07) is 8.47. The lowest BCUT2D eigenvalue weighted by Gasteiger charge is -2.12. The van der Waals surface area contributed by atoms with Crippen LogP contribution in [0.5, 0.6) is 0 Å². The lowest BCUT2D eigenvalue weighted by atomic mass is 10.0. The van der Waals surface area contributed by atoms with Crippen molar-refractivity contribution in [3.05, 3.63) is 52.1 Å². The van der Waals surface area contributed by atoms with Crippen molar-refractivity contribution in [2.45, 2.75) is 44.3 Å². The Morgan fingerprint density at radius 3 is 2.30 bits per heavy atom. The average molecular weight is 307 g/mol. The predicted octanol–water partition coefficient (Wildman–Crippen LogP) is 5.16. The van der Waals surface area contributed by atoms with Crippen LogP contribution in [0.4, 0.5) is 0 Å². The van der Waals surface area contributed by atoms with Crippen LogP contribution in [0.3, 0.4) is 0 Å². The summed E-state index contributed by atoms with van der Waals surface area (Å²) in [5.41, 5.74) is 3.31. The number of thioether (sulfide) groups is 1. The SMILES string of the molecule is Cc1ccc(SCc2nc(C)c(C(C)C)c(Cl)n2)cc1. The Bertz CT molecular complexity index is 571. The second-order valence-corrected chi connectivity index (χ2v) is 6.59. The van der Waals surface area contributed by atoms with E-state index in [1.165, 1.54) is 10.5 Å². The number of benzene rings is 1. The molecule has 0 spiro atoms. The monoisotopic (exact) mass is 306 g/mol. The minimum Gasteiger partial charge on any atom is -0.237 e. The molecule has 2 aromatic rings. The predicted molar refractivity (Wildman–Crippen MR) is 86.6 cm³/mol. The fourth-order valence-electron chi connectivity index (χ4n) is 2.10. The van der Waals surface area contributed by atoms with Gasteiger partial charge in [-0.25, -0.2) is 9.97 Å². The molecule has 0 aliphatic heterocycles. The van der Waals surface area contributed by atoms with Gasteiger partial charge in [0.25, 0.3) is 0 Å². The first-order valence-electron chi connectivity index (χ1n) is 6.69. The fourth-order valence-corrected chi connectivity index (χ4v) is 3.31. The molecule has 0 amide bonds. The molecule has 0 aliphatic carbocycles. The zero-order valence-corrected chi connectivity index (χ0v) is 13.8. The van der Waals surface area contributed by atoms with Crippen molar-refractivity contribution < 1.29 is 0 Å². The van der Waals surface area contributed by atoms with E-state index in [9.17, 15) is 0 Å². The first kappa shape index (κ1) is 15.3. The van der Waals surface area contributed by atoms with Crippen molar-refractivity contribution in [1.29, 1.82) is 0 Å². The molecular weight excluding hydrogens is 288 g/mol. The van der Waals surface area contributed by atoms with Gasteiger partial charge in [0, 0.05) is 16.2 Å². The van der Waals surface area contributed by atoms with Crippen LogP contribution in [0.2, 0.25) is 5.15 Å². The van der Waals surface area contributed by atoms with Crippen LogP contribution in [0.1, 0.15) is 42.4 Å². The highest BCUT2D eigenvalue weighted by atomic mass is 35.5. The van der Waals surface area contributed by atoms with E-state index in [0.717, 1.165) is 22.8 Å². The zero-order valence-electron chi connectivity index (χ0n) is 12.3. The second-order valence-electron chi connectivity index (χ2n) is 5.19. The summed E-state index contributed by atoms with van der Waals surface area (Å²) in [4.78, 5) is 10.2. The first-order chi connectivity index (χ1) is 9.47. The van der Waals surface area contributed by atoms with E-state index in [0.29, 0.717) is 11.1 Å². The van der Waals surface area contributed by atoms with E-state index in [2.05, 4.69) is 55.0 Å². The van der Waals surface area contributed by atoms with Gasteiger partial charge in [0.1, 0.15) is 11.0 Å². The third kappa shape index (κ3) is 3.74. The first-order valence-corrected chi connectivity index (χ1v) is 8.06. The molecule has 0 unspecified atom stereocenters. The highest BCUT2D eigenvalue weighted by Crippen LogP contribution is 2.27. The van der Waals surface area contributed by atoms with Crippen molar-refractivity contribution >= 4 is 23.4 Å². The number of hydrogen-bond acceptors (Lipinski definition) is 3. The number of nitrogens with zero attached hydrogens (tertiary/aromatic N) is 2. The van der Waals surface area contributed by atoms with Crippen molar-refractivity contribution in [2.75, 3.05) is 0 Å². The number of halogens is 1. The summed E-state index contributed by atoms with van der Waals surface area (Å²) in [6.07, 6.45) is 0. The highest BCUT2D eigenvalue weighted by Gasteiger charge is 2.13. The Morgan fingerprint density at radius 1 is 1.10 bits per heavy atom. The molecule has 0 N–H and O–H groups in total. The standard InChI is InChI=1S/C16H19ClN2S/c1-10(2)15-12(4)18-14(19-16(15)17)9-20-13-7-5-11(3)6-8-13/h5-8,10H,9H2,1-4H3. The molecule has 0 saturated carbocycles.